The molecule has 0 saturated carbocycles. The molecule has 0 heterocycles. The zero-order valence-corrected chi connectivity index (χ0v) is 12.0. The number of carbonyl (C=O) groups excluding carboxylic acids is 1. The highest BCUT2D eigenvalue weighted by Gasteiger charge is 2.12. The number of benzene rings is 1. The Morgan fingerprint density at radius 3 is 2.55 bits per heavy atom. The Hall–Kier alpha value is -1.44. The molecular formula is C12H17ClF2N2O3. The number of hydrogen-bond donors (Lipinski definition) is 2. The van der Waals surface area contributed by atoms with Crippen LogP contribution in [-0.4, -0.2) is 39.8 Å². The highest BCUT2D eigenvalue weighted by Crippen LogP contribution is 2.24. The SMILES string of the molecule is COCCNCC(=O)Nc1cc(F)c(OC)cc1F.Cl. The third-order valence-corrected chi connectivity index (χ3v) is 2.28. The standard InChI is InChI=1S/C12H16F2N2O3.ClH/c1-18-4-3-15-7-12(17)16-10-5-9(14)11(19-2)6-8(10)13;/h5-6,15H,3-4,7H2,1-2H3,(H,16,17);1H. The average Bonchev–Trinajstić information content (AvgIpc) is 2.38. The highest BCUT2D eigenvalue weighted by molar-refractivity contribution is 5.92. The molecule has 0 radical (unpaired) electrons. The van der Waals surface area contributed by atoms with Gasteiger partial charge < -0.3 is 20.1 Å². The Morgan fingerprint density at radius 2 is 1.95 bits per heavy atom. The van der Waals surface area contributed by atoms with E-state index in [9.17, 15) is 13.6 Å². The summed E-state index contributed by atoms with van der Waals surface area (Å²) in [6, 6.07) is 1.75. The molecule has 114 valence electrons. The van der Waals surface area contributed by atoms with E-state index in [1.54, 1.807) is 0 Å². The van der Waals surface area contributed by atoms with Gasteiger partial charge in [0.05, 0.1) is 25.9 Å². The second kappa shape index (κ2) is 9.46. The topological polar surface area (TPSA) is 59.6 Å². The summed E-state index contributed by atoms with van der Waals surface area (Å²) in [5, 5.41) is 5.05. The molecule has 1 aromatic rings. The summed E-state index contributed by atoms with van der Waals surface area (Å²) < 4.78 is 36.3. The van der Waals surface area contributed by atoms with Crippen LogP contribution >= 0.6 is 12.4 Å². The molecule has 0 aliphatic heterocycles. The maximum atomic E-state index is 13.5. The van der Waals surface area contributed by atoms with Gasteiger partial charge in [0, 0.05) is 25.8 Å². The minimum atomic E-state index is -0.761. The van der Waals surface area contributed by atoms with E-state index >= 15 is 0 Å². The molecule has 0 unspecified atom stereocenters. The lowest BCUT2D eigenvalue weighted by atomic mass is 10.2. The number of carbonyl (C=O) groups is 1. The van der Waals surface area contributed by atoms with Crippen molar-refractivity contribution in [3.8, 4) is 5.75 Å². The predicted octanol–water partition coefficient (Wildman–Crippen LogP) is 1.57. The van der Waals surface area contributed by atoms with Crippen LogP contribution < -0.4 is 15.4 Å². The van der Waals surface area contributed by atoms with Crippen LogP contribution in [0.2, 0.25) is 0 Å². The van der Waals surface area contributed by atoms with E-state index in [-0.39, 0.29) is 30.4 Å². The number of halogens is 3. The summed E-state index contributed by atoms with van der Waals surface area (Å²) in [4.78, 5) is 11.5. The van der Waals surface area contributed by atoms with Gasteiger partial charge in [0.25, 0.3) is 0 Å². The lowest BCUT2D eigenvalue weighted by molar-refractivity contribution is -0.115. The largest absolute Gasteiger partial charge is 0.494 e. The number of anilines is 1. The van der Waals surface area contributed by atoms with E-state index in [4.69, 9.17) is 4.74 Å². The van der Waals surface area contributed by atoms with Crippen molar-refractivity contribution >= 4 is 24.0 Å². The van der Waals surface area contributed by atoms with Crippen molar-refractivity contribution in [3.63, 3.8) is 0 Å². The van der Waals surface area contributed by atoms with Gasteiger partial charge in [-0.3, -0.25) is 4.79 Å². The van der Waals surface area contributed by atoms with E-state index in [1.807, 2.05) is 0 Å². The van der Waals surface area contributed by atoms with Gasteiger partial charge in [0.2, 0.25) is 5.91 Å². The lowest BCUT2D eigenvalue weighted by Crippen LogP contribution is -2.30. The molecule has 1 amide bonds. The highest BCUT2D eigenvalue weighted by atomic mass is 35.5. The first-order chi connectivity index (χ1) is 9.08. The molecule has 0 spiro atoms. The molecule has 0 aliphatic rings. The molecule has 1 aromatic carbocycles. The number of methoxy groups -OCH3 is 2. The van der Waals surface area contributed by atoms with Crippen LogP contribution in [0.25, 0.3) is 0 Å². The summed E-state index contributed by atoms with van der Waals surface area (Å²) in [7, 11) is 2.77. The number of ether oxygens (including phenoxy) is 2. The van der Waals surface area contributed by atoms with Crippen molar-refractivity contribution in [1.82, 2.24) is 5.32 Å². The zero-order chi connectivity index (χ0) is 14.3. The molecule has 0 aliphatic carbocycles. The molecule has 0 aromatic heterocycles. The van der Waals surface area contributed by atoms with Crippen LogP contribution in [-0.2, 0) is 9.53 Å². The first-order valence-corrected chi connectivity index (χ1v) is 5.61. The van der Waals surface area contributed by atoms with Gasteiger partial charge in [-0.1, -0.05) is 0 Å². The van der Waals surface area contributed by atoms with Gasteiger partial charge in [-0.2, -0.15) is 0 Å². The summed E-state index contributed by atoms with van der Waals surface area (Å²) in [5.74, 6) is -2.19. The van der Waals surface area contributed by atoms with Gasteiger partial charge in [0.1, 0.15) is 0 Å². The quantitative estimate of drug-likeness (QED) is 0.751. The molecule has 5 nitrogen and oxygen atoms in total. The van der Waals surface area contributed by atoms with Crippen molar-refractivity contribution in [2.45, 2.75) is 0 Å². The first kappa shape index (κ1) is 18.6. The van der Waals surface area contributed by atoms with Crippen molar-refractivity contribution in [3.05, 3.63) is 23.8 Å². The Morgan fingerprint density at radius 1 is 1.25 bits per heavy atom. The third-order valence-electron chi connectivity index (χ3n) is 2.28. The molecule has 0 bridgehead atoms. The van der Waals surface area contributed by atoms with Crippen molar-refractivity contribution in [1.29, 1.82) is 0 Å². The fourth-order valence-corrected chi connectivity index (χ4v) is 1.35. The van der Waals surface area contributed by atoms with E-state index in [2.05, 4.69) is 15.4 Å². The van der Waals surface area contributed by atoms with Gasteiger partial charge >= 0.3 is 0 Å². The van der Waals surface area contributed by atoms with Gasteiger partial charge in [-0.25, -0.2) is 8.78 Å². The molecule has 1 rings (SSSR count). The van der Waals surface area contributed by atoms with E-state index in [0.29, 0.717) is 13.2 Å². The Labute approximate surface area is 122 Å². The van der Waals surface area contributed by atoms with Crippen LogP contribution in [0.1, 0.15) is 0 Å². The maximum absolute atomic E-state index is 13.5. The Balaban J connectivity index is 0.00000361. The lowest BCUT2D eigenvalue weighted by Gasteiger charge is -2.09. The van der Waals surface area contributed by atoms with Crippen LogP contribution in [0.5, 0.6) is 5.75 Å². The minimum Gasteiger partial charge on any atom is -0.494 e. The third kappa shape index (κ3) is 5.68. The minimum absolute atomic E-state index is 0. The maximum Gasteiger partial charge on any atom is 0.238 e. The fraction of sp³-hybridized carbons (Fsp3) is 0.417. The number of amides is 1. The molecule has 2 N–H and O–H groups in total. The molecule has 20 heavy (non-hydrogen) atoms. The summed E-state index contributed by atoms with van der Waals surface area (Å²) in [6.07, 6.45) is 0. The molecule has 8 heteroatoms. The van der Waals surface area contributed by atoms with Crippen LogP contribution in [0.15, 0.2) is 12.1 Å². The monoisotopic (exact) mass is 310 g/mol. The van der Waals surface area contributed by atoms with Crippen molar-refractivity contribution < 1.29 is 23.0 Å². The van der Waals surface area contributed by atoms with Gasteiger partial charge in [-0.05, 0) is 0 Å². The molecule has 0 fully saturated rings. The fourth-order valence-electron chi connectivity index (χ4n) is 1.35. The van der Waals surface area contributed by atoms with E-state index in [0.717, 1.165) is 12.1 Å². The Kier molecular flexibility index (Phi) is 8.78. The Bertz CT molecular complexity index is 447. The summed E-state index contributed by atoms with van der Waals surface area (Å²) in [5.41, 5.74) is -0.225. The average molecular weight is 311 g/mol. The van der Waals surface area contributed by atoms with Crippen molar-refractivity contribution in [2.75, 3.05) is 39.2 Å². The smallest absolute Gasteiger partial charge is 0.238 e. The zero-order valence-electron chi connectivity index (χ0n) is 11.2. The normalized spacial score (nSPS) is 9.80. The molecule has 0 saturated heterocycles. The number of hydrogen-bond acceptors (Lipinski definition) is 4. The first-order valence-electron chi connectivity index (χ1n) is 5.61. The van der Waals surface area contributed by atoms with E-state index < -0.39 is 17.5 Å². The van der Waals surface area contributed by atoms with Gasteiger partial charge in [-0.15, -0.1) is 12.4 Å². The summed E-state index contributed by atoms with van der Waals surface area (Å²) in [6.45, 7) is 0.929. The van der Waals surface area contributed by atoms with Crippen molar-refractivity contribution in [2.24, 2.45) is 0 Å². The predicted molar refractivity (Wildman–Crippen MR) is 73.5 cm³/mol. The molecular weight excluding hydrogens is 294 g/mol. The molecule has 0 atom stereocenters. The van der Waals surface area contributed by atoms with Gasteiger partial charge in [0.15, 0.2) is 17.4 Å². The number of nitrogens with one attached hydrogen (secondary N) is 2. The second-order valence-corrected chi connectivity index (χ2v) is 3.68. The summed E-state index contributed by atoms with van der Waals surface area (Å²) >= 11 is 0. The number of rotatable bonds is 7. The second-order valence-electron chi connectivity index (χ2n) is 3.68. The van der Waals surface area contributed by atoms with E-state index in [1.165, 1.54) is 14.2 Å². The van der Waals surface area contributed by atoms with Crippen LogP contribution in [0, 0.1) is 11.6 Å². The van der Waals surface area contributed by atoms with Crippen LogP contribution in [0.4, 0.5) is 14.5 Å². The van der Waals surface area contributed by atoms with Crippen LogP contribution in [0.3, 0.4) is 0 Å².